The van der Waals surface area contributed by atoms with Gasteiger partial charge in [0.2, 0.25) is 0 Å². The molecular formula is C36H40F6N4O. The topological polar surface area (TPSA) is 61.6 Å². The van der Waals surface area contributed by atoms with Crippen LogP contribution in [-0.2, 0) is 18.9 Å². The van der Waals surface area contributed by atoms with Gasteiger partial charge in [0, 0.05) is 60.9 Å². The van der Waals surface area contributed by atoms with E-state index in [0.29, 0.717) is 42.6 Å². The van der Waals surface area contributed by atoms with Crippen LogP contribution in [0.25, 0.3) is 5.70 Å². The molecule has 0 aromatic heterocycles. The van der Waals surface area contributed by atoms with Crippen molar-refractivity contribution in [2.75, 3.05) is 36.4 Å². The highest BCUT2D eigenvalue weighted by Gasteiger charge is 2.39. The quantitative estimate of drug-likeness (QED) is 0.178. The van der Waals surface area contributed by atoms with E-state index in [9.17, 15) is 31.1 Å². The first-order valence-corrected chi connectivity index (χ1v) is 15.5. The number of piperazine rings is 1. The van der Waals surface area contributed by atoms with Crippen LogP contribution in [-0.4, -0.2) is 37.0 Å². The summed E-state index contributed by atoms with van der Waals surface area (Å²) in [5, 5.41) is 2.98. The van der Waals surface area contributed by atoms with E-state index in [0.717, 1.165) is 46.7 Å². The van der Waals surface area contributed by atoms with Crippen molar-refractivity contribution in [2.45, 2.75) is 59.4 Å². The number of hydrogen-bond acceptors (Lipinski definition) is 4. The van der Waals surface area contributed by atoms with Gasteiger partial charge in [-0.1, -0.05) is 49.3 Å². The molecule has 0 saturated carbocycles. The molecule has 0 unspecified atom stereocenters. The number of unbranched alkanes of at least 4 members (excludes halogenated alkanes) is 1. The van der Waals surface area contributed by atoms with E-state index in [1.165, 1.54) is 4.90 Å². The molecule has 1 heterocycles. The fraction of sp³-hybridized carbons (Fsp3) is 0.361. The third-order valence-electron chi connectivity index (χ3n) is 8.52. The summed E-state index contributed by atoms with van der Waals surface area (Å²) in [5.74, 6) is -0.313. The monoisotopic (exact) mass is 658 g/mol. The molecule has 1 fully saturated rings. The SMILES string of the molecule is CCC/C=C(C)/C(C)=C(/N)c1cc(NC(=O)c2ccccc2CN2CCN(c3ccc(C(F)(F)F)cc3C(F)(F)F)CC2)ccc1C. The molecule has 1 amide bonds. The summed E-state index contributed by atoms with van der Waals surface area (Å²) < 4.78 is 80.6. The van der Waals surface area contributed by atoms with Crippen LogP contribution in [0.3, 0.4) is 0 Å². The molecule has 3 N–H and O–H groups in total. The Morgan fingerprint density at radius 1 is 0.894 bits per heavy atom. The van der Waals surface area contributed by atoms with E-state index in [1.807, 2.05) is 56.0 Å². The van der Waals surface area contributed by atoms with Crippen molar-refractivity contribution in [3.8, 4) is 0 Å². The van der Waals surface area contributed by atoms with Gasteiger partial charge in [0.25, 0.3) is 5.91 Å². The van der Waals surface area contributed by atoms with Crippen LogP contribution >= 0.6 is 0 Å². The van der Waals surface area contributed by atoms with Crippen molar-refractivity contribution in [3.63, 3.8) is 0 Å². The van der Waals surface area contributed by atoms with Crippen molar-refractivity contribution < 1.29 is 31.1 Å². The number of anilines is 2. The fourth-order valence-electron chi connectivity index (χ4n) is 5.60. The maximum Gasteiger partial charge on any atom is 0.418 e. The molecule has 0 aliphatic carbocycles. The summed E-state index contributed by atoms with van der Waals surface area (Å²) in [4.78, 5) is 17.0. The molecular weight excluding hydrogens is 618 g/mol. The van der Waals surface area contributed by atoms with Crippen LogP contribution in [0.2, 0.25) is 0 Å². The van der Waals surface area contributed by atoms with Crippen molar-refractivity contribution in [1.82, 2.24) is 4.90 Å². The Kier molecular flexibility index (Phi) is 11.1. The predicted molar refractivity (Wildman–Crippen MR) is 175 cm³/mol. The predicted octanol–water partition coefficient (Wildman–Crippen LogP) is 9.04. The zero-order valence-electron chi connectivity index (χ0n) is 26.9. The highest BCUT2D eigenvalue weighted by molar-refractivity contribution is 6.05. The minimum atomic E-state index is -4.94. The molecule has 0 spiro atoms. The van der Waals surface area contributed by atoms with E-state index >= 15 is 0 Å². The number of allylic oxidation sites excluding steroid dienone is 3. The number of amides is 1. The van der Waals surface area contributed by atoms with Gasteiger partial charge in [0.05, 0.1) is 11.1 Å². The van der Waals surface area contributed by atoms with Crippen LogP contribution in [0, 0.1) is 6.92 Å². The number of hydrogen-bond donors (Lipinski definition) is 2. The number of benzene rings is 3. The van der Waals surface area contributed by atoms with E-state index < -0.39 is 23.5 Å². The number of nitrogens with two attached hydrogens (primary N) is 1. The zero-order valence-corrected chi connectivity index (χ0v) is 26.9. The number of rotatable bonds is 9. The van der Waals surface area contributed by atoms with Crippen LogP contribution in [0.15, 0.2) is 77.9 Å². The van der Waals surface area contributed by atoms with Gasteiger partial charge in [-0.3, -0.25) is 9.69 Å². The highest BCUT2D eigenvalue weighted by Crippen LogP contribution is 2.41. The van der Waals surface area contributed by atoms with Crippen LogP contribution in [0.1, 0.15) is 71.8 Å². The Balaban J connectivity index is 1.47. The molecule has 0 radical (unpaired) electrons. The van der Waals surface area contributed by atoms with Gasteiger partial charge >= 0.3 is 12.4 Å². The van der Waals surface area contributed by atoms with Gasteiger partial charge in [0.15, 0.2) is 0 Å². The molecule has 0 atom stereocenters. The van der Waals surface area contributed by atoms with Crippen LogP contribution in [0.5, 0.6) is 0 Å². The summed E-state index contributed by atoms with van der Waals surface area (Å²) >= 11 is 0. The molecule has 3 aromatic rings. The minimum Gasteiger partial charge on any atom is -0.398 e. The average Bonchev–Trinajstić information content (AvgIpc) is 3.03. The van der Waals surface area contributed by atoms with Crippen molar-refractivity contribution >= 4 is 23.0 Å². The van der Waals surface area contributed by atoms with E-state index in [1.54, 1.807) is 12.1 Å². The van der Waals surface area contributed by atoms with E-state index in [-0.39, 0.29) is 30.8 Å². The van der Waals surface area contributed by atoms with E-state index in [2.05, 4.69) is 18.3 Å². The molecule has 1 aliphatic heterocycles. The smallest absolute Gasteiger partial charge is 0.398 e. The summed E-state index contributed by atoms with van der Waals surface area (Å²) in [6, 6.07) is 14.4. The lowest BCUT2D eigenvalue weighted by atomic mass is 9.97. The lowest BCUT2D eigenvalue weighted by Crippen LogP contribution is -2.46. The molecule has 0 bridgehead atoms. The lowest BCUT2D eigenvalue weighted by molar-refractivity contribution is -0.142. The van der Waals surface area contributed by atoms with Gasteiger partial charge < -0.3 is 16.0 Å². The number of carbonyl (C=O) groups is 1. The number of halogens is 6. The number of carbonyl (C=O) groups excluding carboxylic acids is 1. The molecule has 252 valence electrons. The maximum absolute atomic E-state index is 13.7. The lowest BCUT2D eigenvalue weighted by Gasteiger charge is -2.37. The first-order chi connectivity index (χ1) is 22.1. The second kappa shape index (κ2) is 14.7. The summed E-state index contributed by atoms with van der Waals surface area (Å²) in [7, 11) is 0. The molecule has 5 nitrogen and oxygen atoms in total. The standard InChI is InChI=1S/C36H40F6N4O/c1-5-6-9-23(2)25(4)33(43)30-21-28(14-12-24(30)3)44-34(47)29-11-8-7-10-26(29)22-45-16-18-46(19-17-45)32-15-13-27(35(37,38)39)20-31(32)36(40,41)42/h7-15,20-21H,5-6,16-19,22,43H2,1-4H3,(H,44,47)/b23-9+,33-25+. The highest BCUT2D eigenvalue weighted by atomic mass is 19.4. The Morgan fingerprint density at radius 2 is 1.57 bits per heavy atom. The molecule has 4 rings (SSSR count). The third-order valence-corrected chi connectivity index (χ3v) is 8.52. The van der Waals surface area contributed by atoms with E-state index in [4.69, 9.17) is 5.73 Å². The molecule has 47 heavy (non-hydrogen) atoms. The fourth-order valence-corrected chi connectivity index (χ4v) is 5.60. The first kappa shape index (κ1) is 35.6. The second-order valence-electron chi connectivity index (χ2n) is 11.8. The Morgan fingerprint density at radius 3 is 2.21 bits per heavy atom. The number of nitrogens with one attached hydrogen (secondary N) is 1. The van der Waals surface area contributed by atoms with Gasteiger partial charge in [0.1, 0.15) is 0 Å². The average molecular weight is 659 g/mol. The Hall–Kier alpha value is -4.25. The number of nitrogens with zero attached hydrogens (tertiary/aromatic N) is 2. The van der Waals surface area contributed by atoms with Crippen LogP contribution < -0.4 is 16.0 Å². The molecule has 1 aliphatic rings. The molecule has 1 saturated heterocycles. The first-order valence-electron chi connectivity index (χ1n) is 15.5. The summed E-state index contributed by atoms with van der Waals surface area (Å²) in [6.07, 6.45) is -5.67. The van der Waals surface area contributed by atoms with Gasteiger partial charge in [-0.2, -0.15) is 26.3 Å². The van der Waals surface area contributed by atoms with Crippen molar-refractivity contribution in [3.05, 3.63) is 111 Å². The summed E-state index contributed by atoms with van der Waals surface area (Å²) in [5.41, 5.74) is 9.95. The molecule has 11 heteroatoms. The van der Waals surface area contributed by atoms with Gasteiger partial charge in [-0.15, -0.1) is 0 Å². The largest absolute Gasteiger partial charge is 0.418 e. The second-order valence-corrected chi connectivity index (χ2v) is 11.8. The van der Waals surface area contributed by atoms with Crippen molar-refractivity contribution in [1.29, 1.82) is 0 Å². The maximum atomic E-state index is 13.7. The normalized spacial score (nSPS) is 15.4. The van der Waals surface area contributed by atoms with Crippen molar-refractivity contribution in [2.24, 2.45) is 5.73 Å². The van der Waals surface area contributed by atoms with Crippen LogP contribution in [0.4, 0.5) is 37.7 Å². The Labute approximate surface area is 271 Å². The van der Waals surface area contributed by atoms with Gasteiger partial charge in [-0.25, -0.2) is 0 Å². The molecule has 3 aromatic carbocycles. The minimum absolute atomic E-state index is 0.172. The summed E-state index contributed by atoms with van der Waals surface area (Å²) in [6.45, 7) is 9.52. The Bertz CT molecular complexity index is 1650. The zero-order chi connectivity index (χ0) is 34.5. The number of aryl methyl sites for hydroxylation is 1. The van der Waals surface area contributed by atoms with Gasteiger partial charge in [-0.05, 0) is 80.3 Å². The third kappa shape index (κ3) is 8.77. The number of alkyl halides is 6.